The number of likely N-dealkylation sites (tertiary alicyclic amines) is 2. The van der Waals surface area contributed by atoms with Crippen LogP contribution in [0.5, 0.6) is 0 Å². The zero-order valence-corrected chi connectivity index (χ0v) is 20.5. The van der Waals surface area contributed by atoms with Gasteiger partial charge >= 0.3 is 0 Å². The average Bonchev–Trinajstić information content (AvgIpc) is 3.52. The van der Waals surface area contributed by atoms with Crippen LogP contribution in [0, 0.1) is 5.92 Å². The van der Waals surface area contributed by atoms with Crippen molar-refractivity contribution in [2.75, 3.05) is 20.1 Å². The SMILES string of the molecule is CC(C)n1ncc2ccc(-c3noc(C4CCN(C(=O)C5CC(=O)N(C)C5(C)C)CC4)n3)cc21. The fourth-order valence-corrected chi connectivity index (χ4v) is 5.18. The van der Waals surface area contributed by atoms with Gasteiger partial charge in [0.25, 0.3) is 0 Å². The maximum absolute atomic E-state index is 13.2. The largest absolute Gasteiger partial charge is 0.342 e. The van der Waals surface area contributed by atoms with Crippen LogP contribution in [0.3, 0.4) is 0 Å². The Labute approximate surface area is 199 Å². The number of amides is 2. The summed E-state index contributed by atoms with van der Waals surface area (Å²) in [7, 11) is 1.78. The highest BCUT2D eigenvalue weighted by Crippen LogP contribution is 2.37. The van der Waals surface area contributed by atoms with Gasteiger partial charge in [-0.15, -0.1) is 0 Å². The second kappa shape index (κ2) is 8.21. The highest BCUT2D eigenvalue weighted by molar-refractivity contribution is 5.91. The minimum atomic E-state index is -0.460. The average molecular weight is 465 g/mol. The number of hydrogen-bond donors (Lipinski definition) is 0. The molecule has 0 saturated carbocycles. The van der Waals surface area contributed by atoms with Crippen LogP contribution in [0.25, 0.3) is 22.3 Å². The Morgan fingerprint density at radius 2 is 1.94 bits per heavy atom. The van der Waals surface area contributed by atoms with E-state index in [1.807, 2.05) is 41.8 Å². The van der Waals surface area contributed by atoms with Crippen molar-refractivity contribution in [3.05, 3.63) is 30.3 Å². The van der Waals surface area contributed by atoms with Gasteiger partial charge in [0, 0.05) is 55.0 Å². The maximum atomic E-state index is 13.2. The van der Waals surface area contributed by atoms with Crippen LogP contribution in [-0.4, -0.2) is 67.2 Å². The number of nitrogens with zero attached hydrogens (tertiary/aromatic N) is 6. The zero-order chi connectivity index (χ0) is 24.2. The first-order chi connectivity index (χ1) is 16.2. The lowest BCUT2D eigenvalue weighted by Gasteiger charge is -2.37. The third-order valence-corrected chi connectivity index (χ3v) is 7.71. The quantitative estimate of drug-likeness (QED) is 0.585. The van der Waals surface area contributed by atoms with Gasteiger partial charge < -0.3 is 14.3 Å². The Balaban J connectivity index is 1.27. The van der Waals surface area contributed by atoms with Gasteiger partial charge in [-0.3, -0.25) is 14.3 Å². The molecule has 1 atom stereocenters. The van der Waals surface area contributed by atoms with Crippen molar-refractivity contribution in [2.45, 2.75) is 64.5 Å². The molecule has 1 unspecified atom stereocenters. The van der Waals surface area contributed by atoms with Gasteiger partial charge in [-0.25, -0.2) is 0 Å². The molecule has 0 N–H and O–H groups in total. The molecule has 0 radical (unpaired) electrons. The highest BCUT2D eigenvalue weighted by Gasteiger charge is 2.49. The number of piperidine rings is 1. The second-order valence-corrected chi connectivity index (χ2v) is 10.4. The van der Waals surface area contributed by atoms with Crippen LogP contribution in [0.15, 0.2) is 28.9 Å². The summed E-state index contributed by atoms with van der Waals surface area (Å²) in [5.41, 5.74) is 1.48. The number of benzene rings is 1. The predicted octanol–water partition coefficient (Wildman–Crippen LogP) is 3.63. The van der Waals surface area contributed by atoms with E-state index in [2.05, 4.69) is 30.2 Å². The van der Waals surface area contributed by atoms with Crippen molar-refractivity contribution in [1.82, 2.24) is 29.7 Å². The molecule has 2 fully saturated rings. The van der Waals surface area contributed by atoms with E-state index in [9.17, 15) is 9.59 Å². The Bertz CT molecular complexity index is 1230. The van der Waals surface area contributed by atoms with Crippen molar-refractivity contribution in [3.8, 4) is 11.4 Å². The number of rotatable bonds is 4. The molecule has 3 aromatic rings. The number of hydrogen-bond acceptors (Lipinski definition) is 6. The Morgan fingerprint density at radius 3 is 2.59 bits per heavy atom. The summed E-state index contributed by atoms with van der Waals surface area (Å²) < 4.78 is 7.64. The topological polar surface area (TPSA) is 97.4 Å². The lowest BCUT2D eigenvalue weighted by atomic mass is 9.86. The smallest absolute Gasteiger partial charge is 0.230 e. The second-order valence-electron chi connectivity index (χ2n) is 10.4. The van der Waals surface area contributed by atoms with Crippen LogP contribution < -0.4 is 0 Å². The Kier molecular flexibility index (Phi) is 5.45. The van der Waals surface area contributed by atoms with Crippen LogP contribution in [-0.2, 0) is 9.59 Å². The number of fused-ring (bicyclic) bond motifs is 1. The molecule has 4 heterocycles. The summed E-state index contributed by atoms with van der Waals surface area (Å²) in [6.45, 7) is 9.41. The van der Waals surface area contributed by atoms with E-state index in [0.29, 0.717) is 24.8 Å². The van der Waals surface area contributed by atoms with E-state index in [1.165, 1.54) is 0 Å². The van der Waals surface area contributed by atoms with Crippen molar-refractivity contribution >= 4 is 22.7 Å². The van der Waals surface area contributed by atoms with E-state index >= 15 is 0 Å². The van der Waals surface area contributed by atoms with E-state index in [0.717, 1.165) is 29.3 Å². The lowest BCUT2D eigenvalue weighted by molar-refractivity contribution is -0.139. The van der Waals surface area contributed by atoms with Crippen LogP contribution >= 0.6 is 0 Å². The third kappa shape index (κ3) is 3.67. The van der Waals surface area contributed by atoms with Crippen molar-refractivity contribution in [1.29, 1.82) is 0 Å². The normalized spacial score (nSPS) is 21.2. The number of aromatic nitrogens is 4. The number of carbonyl (C=O) groups is 2. The Hall–Kier alpha value is -3.23. The predicted molar refractivity (Wildman–Crippen MR) is 127 cm³/mol. The third-order valence-electron chi connectivity index (χ3n) is 7.71. The van der Waals surface area contributed by atoms with Crippen molar-refractivity contribution in [3.63, 3.8) is 0 Å². The highest BCUT2D eigenvalue weighted by atomic mass is 16.5. The molecule has 2 aliphatic heterocycles. The Morgan fingerprint density at radius 1 is 1.21 bits per heavy atom. The molecule has 5 rings (SSSR count). The van der Waals surface area contributed by atoms with Gasteiger partial charge in [-0.05, 0) is 46.6 Å². The fourth-order valence-electron chi connectivity index (χ4n) is 5.18. The van der Waals surface area contributed by atoms with E-state index in [1.54, 1.807) is 11.9 Å². The minimum absolute atomic E-state index is 0.0336. The summed E-state index contributed by atoms with van der Waals surface area (Å²) >= 11 is 0. The molecular formula is C25H32N6O3. The number of carbonyl (C=O) groups excluding carboxylic acids is 2. The summed E-state index contributed by atoms with van der Waals surface area (Å²) in [6.07, 6.45) is 3.69. The molecule has 0 bridgehead atoms. The van der Waals surface area contributed by atoms with Gasteiger partial charge in [0.1, 0.15) is 0 Å². The van der Waals surface area contributed by atoms with Crippen LogP contribution in [0.1, 0.15) is 64.8 Å². The molecule has 9 heteroatoms. The first kappa shape index (κ1) is 22.6. The van der Waals surface area contributed by atoms with Crippen LogP contribution in [0.2, 0.25) is 0 Å². The van der Waals surface area contributed by atoms with E-state index in [4.69, 9.17) is 9.51 Å². The molecular weight excluding hydrogens is 432 g/mol. The van der Waals surface area contributed by atoms with Gasteiger partial charge in [0.05, 0.1) is 17.6 Å². The molecule has 2 aliphatic rings. The molecule has 2 aromatic heterocycles. The molecule has 34 heavy (non-hydrogen) atoms. The van der Waals surface area contributed by atoms with E-state index in [-0.39, 0.29) is 36.1 Å². The van der Waals surface area contributed by atoms with Crippen LogP contribution in [0.4, 0.5) is 0 Å². The van der Waals surface area contributed by atoms with Gasteiger partial charge in [-0.1, -0.05) is 17.3 Å². The monoisotopic (exact) mass is 464 g/mol. The summed E-state index contributed by atoms with van der Waals surface area (Å²) in [6, 6.07) is 6.34. The van der Waals surface area contributed by atoms with Crippen molar-refractivity contribution < 1.29 is 14.1 Å². The summed E-state index contributed by atoms with van der Waals surface area (Å²) in [5, 5.41) is 9.80. The summed E-state index contributed by atoms with van der Waals surface area (Å²) in [4.78, 5) is 33.7. The maximum Gasteiger partial charge on any atom is 0.230 e. The summed E-state index contributed by atoms with van der Waals surface area (Å²) in [5.74, 6) is 1.12. The zero-order valence-electron chi connectivity index (χ0n) is 20.5. The van der Waals surface area contributed by atoms with Crippen molar-refractivity contribution in [2.24, 2.45) is 5.92 Å². The molecule has 9 nitrogen and oxygen atoms in total. The van der Waals surface area contributed by atoms with Gasteiger partial charge in [0.15, 0.2) is 0 Å². The molecule has 1 aromatic carbocycles. The van der Waals surface area contributed by atoms with E-state index < -0.39 is 5.54 Å². The minimum Gasteiger partial charge on any atom is -0.342 e. The molecule has 0 spiro atoms. The molecule has 2 amide bonds. The molecule has 2 saturated heterocycles. The first-order valence-electron chi connectivity index (χ1n) is 12.0. The first-order valence-corrected chi connectivity index (χ1v) is 12.0. The fraction of sp³-hybridized carbons (Fsp3) is 0.560. The molecule has 180 valence electrons. The van der Waals surface area contributed by atoms with Gasteiger partial charge in [-0.2, -0.15) is 10.1 Å². The van der Waals surface area contributed by atoms with Gasteiger partial charge in [0.2, 0.25) is 23.5 Å². The standard InChI is InChI=1S/C25H32N6O3/c1-15(2)31-20-12-17(6-7-18(20)14-26-31)22-27-23(34-28-22)16-8-10-30(11-9-16)24(33)19-13-21(32)29(5)25(19,3)4/h6-7,12,14-16,19H,8-11,13H2,1-5H3. The molecule has 0 aliphatic carbocycles. The lowest BCUT2D eigenvalue weighted by Crippen LogP contribution is -2.49.